The maximum Gasteiger partial charge on any atom is 0.332 e. The highest BCUT2D eigenvalue weighted by atomic mass is 32.2. The Hall–Kier alpha value is -3.73. The molecule has 5 rings (SSSR count). The van der Waals surface area contributed by atoms with Crippen LogP contribution in [0.15, 0.2) is 75.1 Å². The van der Waals surface area contributed by atoms with Crippen LogP contribution in [0.5, 0.6) is 5.75 Å². The first-order chi connectivity index (χ1) is 17.2. The van der Waals surface area contributed by atoms with Gasteiger partial charge in [-0.15, -0.1) is 0 Å². The fraction of sp³-hybridized carbons (Fsp3) is 0.154. The number of benzene rings is 2. The van der Waals surface area contributed by atoms with Crippen LogP contribution in [0.25, 0.3) is 33.5 Å². The first-order valence-electron chi connectivity index (χ1n) is 11.1. The molecule has 0 atom stereocenters. The summed E-state index contributed by atoms with van der Waals surface area (Å²) < 4.78 is 32.6. The van der Waals surface area contributed by atoms with Crippen molar-refractivity contribution in [1.82, 2.24) is 14.3 Å². The summed E-state index contributed by atoms with van der Waals surface area (Å²) in [4.78, 5) is 27.8. The predicted octanol–water partition coefficient (Wildman–Crippen LogP) is 3.42. The Morgan fingerprint density at radius 2 is 1.83 bits per heavy atom. The molecule has 184 valence electrons. The number of thiophene rings is 1. The number of fused-ring (bicyclic) bond motifs is 1. The van der Waals surface area contributed by atoms with Gasteiger partial charge < -0.3 is 9.72 Å². The number of hydrogen-bond donors (Lipinski definition) is 2. The largest absolute Gasteiger partial charge is 0.495 e. The molecule has 0 aliphatic heterocycles. The van der Waals surface area contributed by atoms with Gasteiger partial charge in [-0.2, -0.15) is 11.3 Å². The summed E-state index contributed by atoms with van der Waals surface area (Å²) in [5, 5.41) is 3.94. The van der Waals surface area contributed by atoms with E-state index in [0.717, 1.165) is 49.8 Å². The molecule has 0 radical (unpaired) electrons. The highest BCUT2D eigenvalue weighted by Gasteiger charge is 2.21. The van der Waals surface area contributed by atoms with Gasteiger partial charge in [0.05, 0.1) is 19.1 Å². The minimum absolute atomic E-state index is 0.228. The summed E-state index contributed by atoms with van der Waals surface area (Å²) in [7, 11) is -1.70. The summed E-state index contributed by atoms with van der Waals surface area (Å²) >= 11 is 1.54. The highest BCUT2D eigenvalue weighted by Crippen LogP contribution is 2.42. The van der Waals surface area contributed by atoms with Crippen LogP contribution >= 0.6 is 11.3 Å². The standard InChI is InChI=1S/C26H23N3O5S2/c1-34-25-22(17-5-6-21-16(11-17)3-4-18(21)14-28-36(2,32)33)12-20(13-23(25)19-8-10-35-15-19)29-24(30)7-9-27-26(29)31/h4-13,15,28H,3,14H2,1-2H3,(H,27,31). The number of rotatable bonds is 7. The molecule has 0 bridgehead atoms. The first-order valence-corrected chi connectivity index (χ1v) is 13.9. The molecule has 10 heteroatoms. The van der Waals surface area contributed by atoms with Crippen molar-refractivity contribution in [2.24, 2.45) is 0 Å². The fourth-order valence-corrected chi connectivity index (χ4v) is 5.51. The van der Waals surface area contributed by atoms with Crippen molar-refractivity contribution < 1.29 is 13.2 Å². The minimum atomic E-state index is -3.30. The Morgan fingerprint density at radius 3 is 2.50 bits per heavy atom. The van der Waals surface area contributed by atoms with Gasteiger partial charge in [-0.05, 0) is 63.2 Å². The summed E-state index contributed by atoms with van der Waals surface area (Å²) in [6.45, 7) is 0.228. The number of sulfonamides is 1. The lowest BCUT2D eigenvalue weighted by molar-refractivity contribution is 0.418. The maximum absolute atomic E-state index is 12.6. The topological polar surface area (TPSA) is 110 Å². The van der Waals surface area contributed by atoms with E-state index >= 15 is 0 Å². The molecule has 0 unspecified atom stereocenters. The number of aromatic amines is 1. The third-order valence-corrected chi connectivity index (χ3v) is 7.43. The van der Waals surface area contributed by atoms with Crippen molar-refractivity contribution >= 4 is 26.9 Å². The van der Waals surface area contributed by atoms with Gasteiger partial charge in [0.2, 0.25) is 10.0 Å². The van der Waals surface area contributed by atoms with E-state index in [1.807, 2.05) is 41.1 Å². The third-order valence-electron chi connectivity index (χ3n) is 6.08. The zero-order valence-electron chi connectivity index (χ0n) is 19.6. The second kappa shape index (κ2) is 9.38. The average Bonchev–Trinajstić information content (AvgIpc) is 3.51. The molecule has 2 aromatic carbocycles. The monoisotopic (exact) mass is 521 g/mol. The molecule has 2 aromatic heterocycles. The zero-order valence-corrected chi connectivity index (χ0v) is 21.2. The highest BCUT2D eigenvalue weighted by molar-refractivity contribution is 7.88. The van der Waals surface area contributed by atoms with Gasteiger partial charge in [0.15, 0.2) is 0 Å². The number of nitrogens with zero attached hydrogens (tertiary/aromatic N) is 1. The van der Waals surface area contributed by atoms with Crippen molar-refractivity contribution in [3.8, 4) is 33.7 Å². The van der Waals surface area contributed by atoms with Crippen LogP contribution in [0.2, 0.25) is 0 Å². The van der Waals surface area contributed by atoms with E-state index in [0.29, 0.717) is 17.9 Å². The molecule has 4 aromatic rings. The molecule has 0 saturated heterocycles. The van der Waals surface area contributed by atoms with E-state index in [4.69, 9.17) is 4.74 Å². The third kappa shape index (κ3) is 4.58. The van der Waals surface area contributed by atoms with Gasteiger partial charge in [0.1, 0.15) is 5.75 Å². The van der Waals surface area contributed by atoms with E-state index < -0.39 is 21.3 Å². The number of nitrogens with one attached hydrogen (secondary N) is 2. The quantitative estimate of drug-likeness (QED) is 0.387. The van der Waals surface area contributed by atoms with Gasteiger partial charge in [0.25, 0.3) is 5.56 Å². The second-order valence-electron chi connectivity index (χ2n) is 8.44. The van der Waals surface area contributed by atoms with Crippen LogP contribution in [-0.2, 0) is 16.4 Å². The van der Waals surface area contributed by atoms with Crippen molar-refractivity contribution in [3.63, 3.8) is 0 Å². The van der Waals surface area contributed by atoms with Crippen molar-refractivity contribution in [2.75, 3.05) is 19.9 Å². The maximum atomic E-state index is 12.6. The molecular formula is C26H23N3O5S2. The lowest BCUT2D eigenvalue weighted by atomic mass is 9.94. The smallest absolute Gasteiger partial charge is 0.332 e. The van der Waals surface area contributed by atoms with Crippen molar-refractivity contribution in [2.45, 2.75) is 6.42 Å². The zero-order chi connectivity index (χ0) is 25.4. The van der Waals surface area contributed by atoms with E-state index in [-0.39, 0.29) is 6.54 Å². The summed E-state index contributed by atoms with van der Waals surface area (Å²) in [5.74, 6) is 0.627. The van der Waals surface area contributed by atoms with Crippen LogP contribution in [-0.4, -0.2) is 37.9 Å². The Kier molecular flexibility index (Phi) is 6.25. The van der Waals surface area contributed by atoms with Crippen molar-refractivity contribution in [3.05, 3.63) is 97.5 Å². The molecule has 8 nitrogen and oxygen atoms in total. The molecule has 1 aliphatic rings. The fourth-order valence-electron chi connectivity index (χ4n) is 4.44. The summed E-state index contributed by atoms with van der Waals surface area (Å²) in [6.07, 6.45) is 5.15. The minimum Gasteiger partial charge on any atom is -0.495 e. The van der Waals surface area contributed by atoms with E-state index in [1.165, 1.54) is 23.6 Å². The molecular weight excluding hydrogens is 498 g/mol. The molecule has 0 fully saturated rings. The van der Waals surface area contributed by atoms with Gasteiger partial charge in [-0.25, -0.2) is 22.5 Å². The number of allylic oxidation sites excluding steroid dienone is 1. The number of methoxy groups -OCH3 is 1. The van der Waals surface area contributed by atoms with Gasteiger partial charge in [-0.1, -0.05) is 24.3 Å². The van der Waals surface area contributed by atoms with E-state index in [9.17, 15) is 18.0 Å². The Bertz CT molecular complexity index is 1690. The van der Waals surface area contributed by atoms with Crippen LogP contribution in [0.3, 0.4) is 0 Å². The Labute approximate surface area is 211 Å². The van der Waals surface area contributed by atoms with E-state index in [1.54, 1.807) is 19.2 Å². The van der Waals surface area contributed by atoms with E-state index in [2.05, 4.69) is 9.71 Å². The normalized spacial score (nSPS) is 12.9. The first kappa shape index (κ1) is 24.0. The number of H-pyrrole nitrogens is 1. The lowest BCUT2D eigenvalue weighted by Gasteiger charge is -2.17. The SMILES string of the molecule is COc1c(-c2ccsc2)cc(-n2c(=O)cc[nH]c2=O)cc1-c1ccc2c(c1)CC=C2CNS(C)(=O)=O. The predicted molar refractivity (Wildman–Crippen MR) is 142 cm³/mol. The van der Waals surface area contributed by atoms with Crippen molar-refractivity contribution in [1.29, 1.82) is 0 Å². The molecule has 0 spiro atoms. The second-order valence-corrected chi connectivity index (χ2v) is 11.1. The molecule has 1 aliphatic carbocycles. The Balaban J connectivity index is 1.66. The van der Waals surface area contributed by atoms with Crippen LogP contribution in [0, 0.1) is 0 Å². The molecule has 36 heavy (non-hydrogen) atoms. The molecule has 0 saturated carbocycles. The lowest BCUT2D eigenvalue weighted by Crippen LogP contribution is -2.32. The number of ether oxygens (including phenoxy) is 1. The summed E-state index contributed by atoms with van der Waals surface area (Å²) in [6, 6.07) is 12.8. The molecule has 2 heterocycles. The number of aromatic nitrogens is 2. The van der Waals surface area contributed by atoms with Gasteiger partial charge in [0, 0.05) is 29.9 Å². The molecule has 0 amide bonds. The summed E-state index contributed by atoms with van der Waals surface area (Å²) in [5.41, 5.74) is 5.68. The van der Waals surface area contributed by atoms with Gasteiger partial charge >= 0.3 is 5.69 Å². The number of hydrogen-bond acceptors (Lipinski definition) is 6. The van der Waals surface area contributed by atoms with Crippen LogP contribution in [0.4, 0.5) is 0 Å². The van der Waals surface area contributed by atoms with Crippen LogP contribution < -0.4 is 20.7 Å². The van der Waals surface area contributed by atoms with Crippen LogP contribution in [0.1, 0.15) is 11.1 Å². The molecule has 2 N–H and O–H groups in total. The Morgan fingerprint density at radius 1 is 1.06 bits per heavy atom. The average molecular weight is 522 g/mol. The van der Waals surface area contributed by atoms with Gasteiger partial charge in [-0.3, -0.25) is 4.79 Å².